The highest BCUT2D eigenvalue weighted by atomic mass is 28.4. The molecule has 0 bridgehead atoms. The number of ether oxygens (including phenoxy) is 1. The number of likely N-dealkylation sites (N-methyl/N-ethyl adjacent to an activating group) is 1. The third-order valence-electron chi connectivity index (χ3n) is 2.87. The molecule has 1 heterocycles. The molecule has 2 atom stereocenters. The Kier molecular flexibility index (Phi) is 5.47. The minimum Gasteiger partial charge on any atom is -0.398 e. The fraction of sp³-hybridized carbons (Fsp3) is 0.818. The predicted molar refractivity (Wildman–Crippen MR) is 66.6 cm³/mol. The Balaban J connectivity index is 2.56. The Morgan fingerprint density at radius 3 is 3.00 bits per heavy atom. The van der Waals surface area contributed by atoms with Gasteiger partial charge in [-0.2, -0.15) is 0 Å². The SMILES string of the molecule is C=CN(C)CC1COCCC[Si](C)(OC)O1. The van der Waals surface area contributed by atoms with Gasteiger partial charge >= 0.3 is 8.56 Å². The summed E-state index contributed by atoms with van der Waals surface area (Å²) in [4.78, 5) is 2.01. The van der Waals surface area contributed by atoms with Gasteiger partial charge in [0.2, 0.25) is 0 Å². The molecule has 0 saturated carbocycles. The second-order valence-electron chi connectivity index (χ2n) is 4.38. The van der Waals surface area contributed by atoms with Crippen LogP contribution in [0, 0.1) is 0 Å². The van der Waals surface area contributed by atoms with Crippen LogP contribution in [0.25, 0.3) is 0 Å². The van der Waals surface area contributed by atoms with Gasteiger partial charge in [0.15, 0.2) is 0 Å². The van der Waals surface area contributed by atoms with Crippen molar-refractivity contribution in [1.82, 2.24) is 4.90 Å². The summed E-state index contributed by atoms with van der Waals surface area (Å²) in [5.74, 6) is 0. The van der Waals surface area contributed by atoms with Crippen LogP contribution in [0.5, 0.6) is 0 Å². The third-order valence-corrected chi connectivity index (χ3v) is 5.83. The number of nitrogens with zero attached hydrogens (tertiary/aromatic N) is 1. The van der Waals surface area contributed by atoms with Crippen molar-refractivity contribution in [2.24, 2.45) is 0 Å². The average Bonchev–Trinajstić information content (AvgIpc) is 2.25. The van der Waals surface area contributed by atoms with E-state index in [1.807, 2.05) is 11.9 Å². The van der Waals surface area contributed by atoms with Gasteiger partial charge in [-0.25, -0.2) is 0 Å². The van der Waals surface area contributed by atoms with E-state index < -0.39 is 8.56 Å². The molecule has 2 unspecified atom stereocenters. The second kappa shape index (κ2) is 6.39. The molecule has 0 aromatic rings. The van der Waals surface area contributed by atoms with E-state index in [1.165, 1.54) is 0 Å². The lowest BCUT2D eigenvalue weighted by Gasteiger charge is -2.34. The summed E-state index contributed by atoms with van der Waals surface area (Å²) >= 11 is 0. The standard InChI is InChI=1S/C11H23NO3Si/c1-5-12(2)9-11-10-14-7-6-8-16(4,13-3)15-11/h5,11H,1,6-10H2,2-4H3. The lowest BCUT2D eigenvalue weighted by atomic mass is 10.3. The molecule has 0 aromatic carbocycles. The highest BCUT2D eigenvalue weighted by Crippen LogP contribution is 2.20. The fourth-order valence-electron chi connectivity index (χ4n) is 1.79. The number of hydrogen-bond donors (Lipinski definition) is 0. The minimum atomic E-state index is -1.98. The van der Waals surface area contributed by atoms with Gasteiger partial charge in [0.05, 0.1) is 12.7 Å². The molecule has 1 aliphatic heterocycles. The van der Waals surface area contributed by atoms with Gasteiger partial charge in [-0.15, -0.1) is 0 Å². The molecular weight excluding hydrogens is 222 g/mol. The maximum Gasteiger partial charge on any atom is 0.335 e. The van der Waals surface area contributed by atoms with E-state index in [1.54, 1.807) is 13.3 Å². The monoisotopic (exact) mass is 245 g/mol. The summed E-state index contributed by atoms with van der Waals surface area (Å²) in [7, 11) is 1.76. The summed E-state index contributed by atoms with van der Waals surface area (Å²) in [6.45, 7) is 8.11. The van der Waals surface area contributed by atoms with Crippen LogP contribution in [0.1, 0.15) is 6.42 Å². The molecule has 0 spiro atoms. The van der Waals surface area contributed by atoms with Gasteiger partial charge in [-0.05, 0) is 25.2 Å². The highest BCUT2D eigenvalue weighted by molar-refractivity contribution is 6.66. The largest absolute Gasteiger partial charge is 0.398 e. The normalized spacial score (nSPS) is 31.6. The molecule has 1 fully saturated rings. The summed E-state index contributed by atoms with van der Waals surface area (Å²) in [5.41, 5.74) is 0. The molecule has 4 nitrogen and oxygen atoms in total. The topological polar surface area (TPSA) is 30.9 Å². The van der Waals surface area contributed by atoms with Crippen molar-refractivity contribution >= 4 is 8.56 Å². The Labute approximate surface area is 99.4 Å². The molecule has 16 heavy (non-hydrogen) atoms. The van der Waals surface area contributed by atoms with Crippen molar-refractivity contribution in [3.63, 3.8) is 0 Å². The Morgan fingerprint density at radius 2 is 2.38 bits per heavy atom. The van der Waals surface area contributed by atoms with Crippen LogP contribution >= 0.6 is 0 Å². The molecule has 0 N–H and O–H groups in total. The first-order valence-corrected chi connectivity index (χ1v) is 8.25. The third kappa shape index (κ3) is 4.25. The molecule has 0 amide bonds. The minimum absolute atomic E-state index is 0.0833. The lowest BCUT2D eigenvalue weighted by molar-refractivity contribution is 0.00900. The summed E-state index contributed by atoms with van der Waals surface area (Å²) in [6, 6.07) is 0.998. The van der Waals surface area contributed by atoms with E-state index in [4.69, 9.17) is 13.6 Å². The van der Waals surface area contributed by atoms with Gasteiger partial charge in [0.1, 0.15) is 0 Å². The van der Waals surface area contributed by atoms with Crippen LogP contribution in [0.15, 0.2) is 12.8 Å². The summed E-state index contributed by atoms with van der Waals surface area (Å²) in [6.07, 6.45) is 2.91. The van der Waals surface area contributed by atoms with Crippen LogP contribution in [0.2, 0.25) is 12.6 Å². The lowest BCUT2D eigenvalue weighted by Crippen LogP contribution is -2.47. The van der Waals surface area contributed by atoms with Crippen molar-refractivity contribution in [3.05, 3.63) is 12.8 Å². The molecule has 5 heteroatoms. The van der Waals surface area contributed by atoms with Gasteiger partial charge in [0.25, 0.3) is 0 Å². The van der Waals surface area contributed by atoms with Gasteiger partial charge in [-0.3, -0.25) is 0 Å². The van der Waals surface area contributed by atoms with E-state index in [-0.39, 0.29) is 6.10 Å². The molecular formula is C11H23NO3Si. The predicted octanol–water partition coefficient (Wildman–Crippen LogP) is 1.59. The maximum atomic E-state index is 6.10. The van der Waals surface area contributed by atoms with E-state index in [0.717, 1.165) is 25.6 Å². The Morgan fingerprint density at radius 1 is 1.62 bits per heavy atom. The molecule has 0 aliphatic carbocycles. The van der Waals surface area contributed by atoms with Crippen molar-refractivity contribution < 1.29 is 13.6 Å². The van der Waals surface area contributed by atoms with Crippen LogP contribution in [0.3, 0.4) is 0 Å². The molecule has 0 radical (unpaired) electrons. The molecule has 94 valence electrons. The zero-order valence-corrected chi connectivity index (χ0v) is 11.6. The first-order chi connectivity index (χ1) is 7.59. The van der Waals surface area contributed by atoms with Crippen LogP contribution < -0.4 is 0 Å². The molecule has 0 aromatic heterocycles. The van der Waals surface area contributed by atoms with Gasteiger partial charge < -0.3 is 18.5 Å². The van der Waals surface area contributed by atoms with Crippen LogP contribution in [-0.4, -0.2) is 53.5 Å². The second-order valence-corrected chi connectivity index (χ2v) is 7.79. The molecule has 1 aliphatic rings. The Hall–Kier alpha value is -0.363. The van der Waals surface area contributed by atoms with E-state index in [0.29, 0.717) is 6.61 Å². The van der Waals surface area contributed by atoms with E-state index in [2.05, 4.69) is 13.1 Å². The van der Waals surface area contributed by atoms with Gasteiger partial charge in [0, 0.05) is 27.3 Å². The molecule has 1 rings (SSSR count). The van der Waals surface area contributed by atoms with Crippen LogP contribution in [-0.2, 0) is 13.6 Å². The zero-order chi connectivity index (χ0) is 12.0. The average molecular weight is 245 g/mol. The smallest absolute Gasteiger partial charge is 0.335 e. The quantitative estimate of drug-likeness (QED) is 0.704. The number of hydrogen-bond acceptors (Lipinski definition) is 4. The van der Waals surface area contributed by atoms with E-state index >= 15 is 0 Å². The first-order valence-electron chi connectivity index (χ1n) is 5.73. The summed E-state index contributed by atoms with van der Waals surface area (Å²) < 4.78 is 17.2. The van der Waals surface area contributed by atoms with Crippen molar-refractivity contribution in [3.8, 4) is 0 Å². The maximum absolute atomic E-state index is 6.10. The van der Waals surface area contributed by atoms with Crippen molar-refractivity contribution in [2.75, 3.05) is 33.9 Å². The van der Waals surface area contributed by atoms with Crippen molar-refractivity contribution in [1.29, 1.82) is 0 Å². The number of rotatable bonds is 4. The van der Waals surface area contributed by atoms with Crippen molar-refractivity contribution in [2.45, 2.75) is 25.1 Å². The summed E-state index contributed by atoms with van der Waals surface area (Å²) in [5, 5.41) is 0. The highest BCUT2D eigenvalue weighted by Gasteiger charge is 2.34. The first kappa shape index (κ1) is 13.7. The van der Waals surface area contributed by atoms with Gasteiger partial charge in [-0.1, -0.05) is 6.58 Å². The Bertz CT molecular complexity index is 227. The van der Waals surface area contributed by atoms with Crippen LogP contribution in [0.4, 0.5) is 0 Å². The zero-order valence-electron chi connectivity index (χ0n) is 10.6. The fourth-order valence-corrected chi connectivity index (χ4v) is 3.84. The van der Waals surface area contributed by atoms with E-state index in [9.17, 15) is 0 Å². The molecule has 1 saturated heterocycles.